The van der Waals surface area contributed by atoms with Crippen LogP contribution in [-0.4, -0.2) is 15.2 Å². The number of nitro benzene ring substituents is 1. The second-order valence-electron chi connectivity index (χ2n) is 3.55. The van der Waals surface area contributed by atoms with Crippen molar-refractivity contribution >= 4 is 46.0 Å². The number of benzene rings is 1. The fourth-order valence-electron chi connectivity index (χ4n) is 1.47. The zero-order valence-electron chi connectivity index (χ0n) is 9.53. The highest BCUT2D eigenvalue weighted by Crippen LogP contribution is 2.24. The highest BCUT2D eigenvalue weighted by Gasteiger charge is 2.21. The van der Waals surface area contributed by atoms with Crippen molar-refractivity contribution in [1.29, 1.82) is 0 Å². The maximum atomic E-state index is 11.4. The quantitative estimate of drug-likeness (QED) is 0.401. The number of nitrogens with one attached hydrogen (secondary N) is 1. The van der Waals surface area contributed by atoms with E-state index in [2.05, 4.69) is 5.32 Å². The molecule has 0 unspecified atom stereocenters. The van der Waals surface area contributed by atoms with E-state index in [9.17, 15) is 14.9 Å². The van der Waals surface area contributed by atoms with E-state index < -0.39 is 4.92 Å². The van der Waals surface area contributed by atoms with Gasteiger partial charge in [-0.3, -0.25) is 14.9 Å². The Kier molecular flexibility index (Phi) is 4.08. The molecule has 96 valence electrons. The molecule has 0 bridgehead atoms. The lowest BCUT2D eigenvalue weighted by Crippen LogP contribution is -2.17. The molecular formula is C12H8N2O3S2. The highest BCUT2D eigenvalue weighted by molar-refractivity contribution is 8.26. The van der Waals surface area contributed by atoms with Gasteiger partial charge >= 0.3 is 0 Å². The lowest BCUT2D eigenvalue weighted by atomic mass is 10.1. The summed E-state index contributed by atoms with van der Waals surface area (Å²) in [6, 6.07) is 6.39. The van der Waals surface area contributed by atoms with Crippen LogP contribution in [0.5, 0.6) is 0 Å². The highest BCUT2D eigenvalue weighted by atomic mass is 32.2. The Morgan fingerprint density at radius 3 is 2.74 bits per heavy atom. The minimum atomic E-state index is -0.445. The summed E-state index contributed by atoms with van der Waals surface area (Å²) in [4.78, 5) is 22.2. The number of hydrogen-bond donors (Lipinski definition) is 1. The van der Waals surface area contributed by atoms with Gasteiger partial charge in [0.2, 0.25) is 0 Å². The van der Waals surface area contributed by atoms with Crippen molar-refractivity contribution in [3.63, 3.8) is 0 Å². The molecule has 19 heavy (non-hydrogen) atoms. The smallest absolute Gasteiger partial charge is 0.276 e. The Morgan fingerprint density at radius 2 is 2.11 bits per heavy atom. The van der Waals surface area contributed by atoms with Crippen molar-refractivity contribution in [2.24, 2.45) is 0 Å². The molecule has 2 rings (SSSR count). The lowest BCUT2D eigenvalue weighted by molar-refractivity contribution is -0.385. The first kappa shape index (κ1) is 13.4. The molecule has 1 aliphatic rings. The van der Waals surface area contributed by atoms with Crippen molar-refractivity contribution in [2.75, 3.05) is 0 Å². The number of carbonyl (C=O) groups excluding carboxylic acids is 1. The Labute approximate surface area is 118 Å². The molecule has 0 spiro atoms. The Hall–Kier alpha value is -1.99. The van der Waals surface area contributed by atoms with E-state index in [4.69, 9.17) is 12.2 Å². The summed E-state index contributed by atoms with van der Waals surface area (Å²) in [5, 5.41) is 13.3. The zero-order chi connectivity index (χ0) is 13.8. The molecule has 1 amide bonds. The first-order chi connectivity index (χ1) is 9.08. The van der Waals surface area contributed by atoms with Gasteiger partial charge in [-0.15, -0.1) is 0 Å². The maximum Gasteiger partial charge on any atom is 0.276 e. The summed E-state index contributed by atoms with van der Waals surface area (Å²) in [6.45, 7) is 0. The molecule has 0 radical (unpaired) electrons. The predicted octanol–water partition coefficient (Wildman–Crippen LogP) is 2.64. The zero-order valence-corrected chi connectivity index (χ0v) is 11.2. The van der Waals surface area contributed by atoms with Crippen molar-refractivity contribution in [3.05, 3.63) is 57.0 Å². The predicted molar refractivity (Wildman–Crippen MR) is 78.5 cm³/mol. The van der Waals surface area contributed by atoms with Gasteiger partial charge in [-0.25, -0.2) is 0 Å². The van der Waals surface area contributed by atoms with Crippen LogP contribution in [0.25, 0.3) is 6.08 Å². The van der Waals surface area contributed by atoms with Crippen LogP contribution in [0, 0.1) is 10.1 Å². The van der Waals surface area contributed by atoms with Gasteiger partial charge in [0.05, 0.1) is 15.4 Å². The van der Waals surface area contributed by atoms with Crippen LogP contribution in [0.15, 0.2) is 41.3 Å². The van der Waals surface area contributed by atoms with Crippen LogP contribution >= 0.6 is 24.0 Å². The normalized spacial score (nSPS) is 17.2. The number of allylic oxidation sites excluding steroid dienone is 2. The van der Waals surface area contributed by atoms with Crippen LogP contribution in [0.2, 0.25) is 0 Å². The van der Waals surface area contributed by atoms with Crippen molar-refractivity contribution in [3.8, 4) is 0 Å². The fourth-order valence-corrected chi connectivity index (χ4v) is 2.47. The van der Waals surface area contributed by atoms with Crippen LogP contribution < -0.4 is 5.32 Å². The standard InChI is InChI=1S/C12H8N2O3S2/c15-11-10(19-12(18)13-11)7-3-5-8-4-1-2-6-9(8)14(16)17/h1-7H,(H,13,15,18)/b5-3+,10-7-. The molecular weight excluding hydrogens is 284 g/mol. The van der Waals surface area contributed by atoms with Crippen LogP contribution in [-0.2, 0) is 4.79 Å². The molecule has 0 saturated carbocycles. The van der Waals surface area contributed by atoms with Crippen LogP contribution in [0.3, 0.4) is 0 Å². The molecule has 1 saturated heterocycles. The molecule has 0 aromatic heterocycles. The summed E-state index contributed by atoms with van der Waals surface area (Å²) in [7, 11) is 0. The Bertz CT molecular complexity index is 623. The third kappa shape index (κ3) is 3.27. The molecule has 0 atom stereocenters. The Morgan fingerprint density at radius 1 is 1.37 bits per heavy atom. The Balaban J connectivity index is 2.20. The average Bonchev–Trinajstić information content (AvgIpc) is 2.68. The summed E-state index contributed by atoms with van der Waals surface area (Å²) < 4.78 is 0.412. The van der Waals surface area contributed by atoms with Gasteiger partial charge in [-0.1, -0.05) is 42.2 Å². The monoisotopic (exact) mass is 292 g/mol. The van der Waals surface area contributed by atoms with Crippen LogP contribution in [0.4, 0.5) is 5.69 Å². The van der Waals surface area contributed by atoms with E-state index in [-0.39, 0.29) is 11.6 Å². The number of carbonyl (C=O) groups is 1. The second kappa shape index (κ2) is 5.77. The van der Waals surface area contributed by atoms with E-state index in [1.165, 1.54) is 17.8 Å². The number of amides is 1. The first-order valence-electron chi connectivity index (χ1n) is 5.23. The van der Waals surface area contributed by atoms with Crippen molar-refractivity contribution in [2.45, 2.75) is 0 Å². The molecule has 1 N–H and O–H groups in total. The summed E-state index contributed by atoms with van der Waals surface area (Å²) in [5.74, 6) is -0.248. The SMILES string of the molecule is O=C1NC(=S)S/C1=C\C=C\c1ccccc1[N+](=O)[O-]. The van der Waals surface area contributed by atoms with E-state index in [1.807, 2.05) is 0 Å². The number of rotatable bonds is 3. The number of thioether (sulfide) groups is 1. The molecule has 1 fully saturated rings. The third-order valence-electron chi connectivity index (χ3n) is 2.30. The van der Waals surface area contributed by atoms with E-state index >= 15 is 0 Å². The van der Waals surface area contributed by atoms with Crippen molar-refractivity contribution < 1.29 is 9.72 Å². The van der Waals surface area contributed by atoms with Gasteiger partial charge in [0.25, 0.3) is 11.6 Å². The van der Waals surface area contributed by atoms with Crippen molar-refractivity contribution in [1.82, 2.24) is 5.32 Å². The van der Waals surface area contributed by atoms with Gasteiger partial charge in [0.15, 0.2) is 0 Å². The number of hydrogen-bond acceptors (Lipinski definition) is 5. The van der Waals surface area contributed by atoms with Gasteiger partial charge in [0.1, 0.15) is 4.32 Å². The summed E-state index contributed by atoms with van der Waals surface area (Å²) in [5.41, 5.74) is 0.506. The first-order valence-corrected chi connectivity index (χ1v) is 6.45. The fraction of sp³-hybridized carbons (Fsp3) is 0. The second-order valence-corrected chi connectivity index (χ2v) is 5.27. The molecule has 1 aromatic rings. The minimum absolute atomic E-state index is 0.0243. The lowest BCUT2D eigenvalue weighted by Gasteiger charge is -1.95. The topological polar surface area (TPSA) is 72.2 Å². The van der Waals surface area contributed by atoms with E-state index in [1.54, 1.807) is 36.4 Å². The summed E-state index contributed by atoms with van der Waals surface area (Å²) in [6.07, 6.45) is 4.76. The molecule has 1 heterocycles. The number of thiocarbonyl (C=S) groups is 1. The third-order valence-corrected chi connectivity index (χ3v) is 3.48. The van der Waals surface area contributed by atoms with E-state index in [0.29, 0.717) is 14.8 Å². The number of nitro groups is 1. The number of para-hydroxylation sites is 1. The van der Waals surface area contributed by atoms with Gasteiger partial charge in [-0.05, 0) is 18.2 Å². The largest absolute Gasteiger partial charge is 0.307 e. The molecule has 0 aliphatic carbocycles. The molecule has 1 aliphatic heterocycles. The molecule has 5 nitrogen and oxygen atoms in total. The van der Waals surface area contributed by atoms with E-state index in [0.717, 1.165) is 0 Å². The van der Waals surface area contributed by atoms with Gasteiger partial charge in [-0.2, -0.15) is 0 Å². The summed E-state index contributed by atoms with van der Waals surface area (Å²) >= 11 is 6.01. The maximum absolute atomic E-state index is 11.4. The molecule has 7 heteroatoms. The van der Waals surface area contributed by atoms with Gasteiger partial charge < -0.3 is 5.32 Å². The molecule has 1 aromatic carbocycles. The number of nitrogens with zero attached hydrogens (tertiary/aromatic N) is 1. The van der Waals surface area contributed by atoms with Gasteiger partial charge in [0, 0.05) is 6.07 Å². The minimum Gasteiger partial charge on any atom is -0.307 e. The van der Waals surface area contributed by atoms with Crippen LogP contribution in [0.1, 0.15) is 5.56 Å². The average molecular weight is 292 g/mol.